The van der Waals surface area contributed by atoms with Gasteiger partial charge in [-0.25, -0.2) is 4.98 Å². The molecule has 2 saturated carbocycles. The van der Waals surface area contributed by atoms with Crippen LogP contribution >= 0.6 is 0 Å². The highest BCUT2D eigenvalue weighted by atomic mass is 16.5. The van der Waals surface area contributed by atoms with Crippen LogP contribution in [0, 0.1) is 17.8 Å². The van der Waals surface area contributed by atoms with Gasteiger partial charge in [0.15, 0.2) is 0 Å². The van der Waals surface area contributed by atoms with Crippen molar-refractivity contribution in [3.63, 3.8) is 0 Å². The van der Waals surface area contributed by atoms with Crippen molar-refractivity contribution in [2.75, 3.05) is 7.11 Å². The fourth-order valence-electron chi connectivity index (χ4n) is 4.38. The van der Waals surface area contributed by atoms with Gasteiger partial charge in [-0.1, -0.05) is 19.3 Å². The van der Waals surface area contributed by atoms with Gasteiger partial charge in [-0.05, 0) is 62.0 Å². The van der Waals surface area contributed by atoms with Gasteiger partial charge in [0.25, 0.3) is 5.56 Å². The smallest absolute Gasteiger partial charge is 0.270 e. The molecule has 0 saturated heterocycles. The summed E-state index contributed by atoms with van der Waals surface area (Å²) in [6.07, 6.45) is 10.2. The third-order valence-corrected chi connectivity index (χ3v) is 5.84. The number of hydrogen-bond acceptors (Lipinski definition) is 3. The SMILES string of the molecule is COc1ccc2nc(CCCCCC3C[C@@H]4C[C@@H]4C3)c(=O)[nH]c2c1. The first-order chi connectivity index (χ1) is 11.7. The third kappa shape index (κ3) is 3.33. The molecule has 2 aliphatic carbocycles. The molecule has 4 nitrogen and oxygen atoms in total. The van der Waals surface area contributed by atoms with E-state index in [0.717, 1.165) is 47.4 Å². The summed E-state index contributed by atoms with van der Waals surface area (Å²) in [4.78, 5) is 19.7. The van der Waals surface area contributed by atoms with Crippen molar-refractivity contribution < 1.29 is 4.74 Å². The quantitative estimate of drug-likeness (QED) is 0.780. The van der Waals surface area contributed by atoms with E-state index >= 15 is 0 Å². The molecule has 1 aromatic heterocycles. The predicted molar refractivity (Wildman–Crippen MR) is 95.4 cm³/mol. The monoisotopic (exact) mass is 326 g/mol. The van der Waals surface area contributed by atoms with E-state index < -0.39 is 0 Å². The van der Waals surface area contributed by atoms with E-state index in [1.807, 2.05) is 18.2 Å². The van der Waals surface area contributed by atoms with Crippen molar-refractivity contribution in [2.45, 2.75) is 51.4 Å². The average Bonchev–Trinajstić information content (AvgIpc) is 3.20. The Kier molecular flexibility index (Phi) is 4.30. The van der Waals surface area contributed by atoms with Crippen LogP contribution in [0.1, 0.15) is 50.6 Å². The van der Waals surface area contributed by atoms with Crippen molar-refractivity contribution in [3.8, 4) is 5.75 Å². The van der Waals surface area contributed by atoms with E-state index in [1.165, 1.54) is 38.5 Å². The number of nitrogens with one attached hydrogen (secondary N) is 1. The number of aromatic amines is 1. The summed E-state index contributed by atoms with van der Waals surface area (Å²) < 4.78 is 5.19. The van der Waals surface area contributed by atoms with Gasteiger partial charge in [-0.3, -0.25) is 4.79 Å². The first-order valence-electron chi connectivity index (χ1n) is 9.30. The lowest BCUT2D eigenvalue weighted by Crippen LogP contribution is -2.15. The Bertz CT molecular complexity index is 773. The molecular weight excluding hydrogens is 300 g/mol. The Balaban J connectivity index is 1.29. The minimum Gasteiger partial charge on any atom is -0.497 e. The molecule has 1 unspecified atom stereocenters. The summed E-state index contributed by atoms with van der Waals surface area (Å²) in [5.74, 6) is 3.91. The van der Waals surface area contributed by atoms with Crippen molar-refractivity contribution >= 4 is 11.0 Å². The van der Waals surface area contributed by atoms with E-state index in [-0.39, 0.29) is 5.56 Å². The molecule has 0 bridgehead atoms. The van der Waals surface area contributed by atoms with Crippen LogP contribution in [0.15, 0.2) is 23.0 Å². The third-order valence-electron chi connectivity index (χ3n) is 5.84. The van der Waals surface area contributed by atoms with Gasteiger partial charge in [0, 0.05) is 6.07 Å². The summed E-state index contributed by atoms with van der Waals surface area (Å²) in [6.45, 7) is 0. The van der Waals surface area contributed by atoms with Crippen LogP contribution in [0.4, 0.5) is 0 Å². The summed E-state index contributed by atoms with van der Waals surface area (Å²) >= 11 is 0. The first-order valence-corrected chi connectivity index (χ1v) is 9.30. The van der Waals surface area contributed by atoms with Crippen molar-refractivity contribution in [1.29, 1.82) is 0 Å². The summed E-state index contributed by atoms with van der Waals surface area (Å²) in [6, 6.07) is 5.60. The number of H-pyrrole nitrogens is 1. The Morgan fingerprint density at radius 2 is 2.00 bits per heavy atom. The van der Waals surface area contributed by atoms with Gasteiger partial charge in [0.05, 0.1) is 18.1 Å². The lowest BCUT2D eigenvalue weighted by Gasteiger charge is -2.10. The molecule has 4 rings (SSSR count). The second-order valence-electron chi connectivity index (χ2n) is 7.59. The Morgan fingerprint density at radius 1 is 1.17 bits per heavy atom. The van der Waals surface area contributed by atoms with Gasteiger partial charge in [-0.2, -0.15) is 0 Å². The van der Waals surface area contributed by atoms with Crippen molar-refractivity contribution in [1.82, 2.24) is 9.97 Å². The number of hydrogen-bond donors (Lipinski definition) is 1. The number of unbranched alkanes of at least 4 members (excludes halogenated alkanes) is 2. The fourth-order valence-corrected chi connectivity index (χ4v) is 4.38. The van der Waals surface area contributed by atoms with Crippen LogP contribution in [0.3, 0.4) is 0 Å². The molecule has 1 N–H and O–H groups in total. The van der Waals surface area contributed by atoms with Crippen LogP contribution in [0.25, 0.3) is 11.0 Å². The number of methoxy groups -OCH3 is 1. The molecule has 3 atom stereocenters. The predicted octanol–water partition coefficient (Wildman–Crippen LogP) is 4.08. The summed E-state index contributed by atoms with van der Waals surface area (Å²) in [7, 11) is 1.62. The van der Waals surface area contributed by atoms with E-state index in [9.17, 15) is 4.79 Å². The molecule has 2 fully saturated rings. The van der Waals surface area contributed by atoms with Gasteiger partial charge in [0.1, 0.15) is 11.4 Å². The van der Waals surface area contributed by atoms with Crippen molar-refractivity contribution in [2.24, 2.45) is 17.8 Å². The molecule has 1 aromatic carbocycles. The van der Waals surface area contributed by atoms with Crippen LogP contribution in [-0.2, 0) is 6.42 Å². The second-order valence-corrected chi connectivity index (χ2v) is 7.59. The number of rotatable bonds is 7. The zero-order chi connectivity index (χ0) is 16.5. The highest BCUT2D eigenvalue weighted by Crippen LogP contribution is 2.55. The lowest BCUT2D eigenvalue weighted by molar-refractivity contribution is 0.415. The molecule has 128 valence electrons. The zero-order valence-electron chi connectivity index (χ0n) is 14.4. The normalized spacial score (nSPS) is 25.0. The van der Waals surface area contributed by atoms with Crippen LogP contribution < -0.4 is 10.3 Å². The maximum Gasteiger partial charge on any atom is 0.270 e. The van der Waals surface area contributed by atoms with E-state index in [1.54, 1.807) is 7.11 Å². The molecule has 2 aromatic rings. The molecule has 0 spiro atoms. The van der Waals surface area contributed by atoms with E-state index in [2.05, 4.69) is 9.97 Å². The van der Waals surface area contributed by atoms with Gasteiger partial charge in [0.2, 0.25) is 0 Å². The average molecular weight is 326 g/mol. The minimum atomic E-state index is -0.0633. The number of nitrogens with zero attached hydrogens (tertiary/aromatic N) is 1. The first kappa shape index (κ1) is 15.7. The number of fused-ring (bicyclic) bond motifs is 2. The Hall–Kier alpha value is -1.84. The highest BCUT2D eigenvalue weighted by Gasteiger charge is 2.45. The maximum absolute atomic E-state index is 12.2. The number of aryl methyl sites for hydroxylation is 1. The molecule has 4 heteroatoms. The van der Waals surface area contributed by atoms with Gasteiger partial charge >= 0.3 is 0 Å². The molecule has 24 heavy (non-hydrogen) atoms. The molecule has 0 amide bonds. The molecular formula is C20H26N2O2. The standard InChI is InChI=1S/C20H26N2O2/c1-24-16-7-8-17-19(12-16)22-20(23)18(21-17)6-4-2-3-5-13-9-14-11-15(14)10-13/h7-8,12-15H,2-6,9-11H2,1H3,(H,22,23)/t13?,14-,15+. The largest absolute Gasteiger partial charge is 0.497 e. The van der Waals surface area contributed by atoms with Gasteiger partial charge in [-0.15, -0.1) is 0 Å². The highest BCUT2D eigenvalue weighted by molar-refractivity contribution is 5.75. The Labute approximate surface area is 142 Å². The van der Waals surface area contributed by atoms with E-state index in [4.69, 9.17) is 4.74 Å². The number of aromatic nitrogens is 2. The van der Waals surface area contributed by atoms with Crippen molar-refractivity contribution in [3.05, 3.63) is 34.2 Å². The number of benzene rings is 1. The summed E-state index contributed by atoms with van der Waals surface area (Å²) in [5.41, 5.74) is 2.17. The summed E-state index contributed by atoms with van der Waals surface area (Å²) in [5, 5.41) is 0. The topological polar surface area (TPSA) is 55.0 Å². The molecule has 0 aliphatic heterocycles. The Morgan fingerprint density at radius 3 is 2.79 bits per heavy atom. The number of ether oxygens (including phenoxy) is 1. The minimum absolute atomic E-state index is 0.0633. The second kappa shape index (κ2) is 6.58. The lowest BCUT2D eigenvalue weighted by atomic mass is 9.96. The van der Waals surface area contributed by atoms with Crippen LogP contribution in [0.5, 0.6) is 5.75 Å². The molecule has 1 heterocycles. The fraction of sp³-hybridized carbons (Fsp3) is 0.600. The zero-order valence-corrected chi connectivity index (χ0v) is 14.4. The van der Waals surface area contributed by atoms with E-state index in [0.29, 0.717) is 5.69 Å². The van der Waals surface area contributed by atoms with Gasteiger partial charge < -0.3 is 9.72 Å². The molecule has 0 radical (unpaired) electrons. The van der Waals surface area contributed by atoms with Crippen LogP contribution in [0.2, 0.25) is 0 Å². The maximum atomic E-state index is 12.2. The molecule has 2 aliphatic rings. The van der Waals surface area contributed by atoms with Crippen LogP contribution in [-0.4, -0.2) is 17.1 Å².